The number of hydrogen-bond acceptors (Lipinski definition) is 2. The third-order valence-electron chi connectivity index (χ3n) is 7.56. The fourth-order valence-electron chi connectivity index (χ4n) is 5.46. The van der Waals surface area contributed by atoms with Crippen molar-refractivity contribution in [2.24, 2.45) is 0 Å². The largest absolute Gasteiger partial charge is 0.384 e. The van der Waals surface area contributed by atoms with Crippen LogP contribution in [0.15, 0.2) is 0 Å². The lowest BCUT2D eigenvalue weighted by atomic mass is 10.1. The number of aliphatic hydroxyl groups is 2. The Morgan fingerprint density at radius 2 is 0.710 bits per heavy atom. The molecule has 2 N–H and O–H groups in total. The van der Waals surface area contributed by atoms with Crippen LogP contribution in [0, 0.1) is 0 Å². The molecule has 2 atom stereocenters. The molecular formula is C28H58NO2+. The van der Waals surface area contributed by atoms with E-state index >= 15 is 0 Å². The maximum Gasteiger partial charge on any atom is 0.134 e. The summed E-state index contributed by atoms with van der Waals surface area (Å²) in [6, 6.07) is 0. The van der Waals surface area contributed by atoms with E-state index < -0.39 is 12.2 Å². The number of hydrogen-bond donors (Lipinski definition) is 2. The molecule has 0 saturated carbocycles. The van der Waals surface area contributed by atoms with Gasteiger partial charge in [0.05, 0.1) is 13.1 Å². The summed E-state index contributed by atoms with van der Waals surface area (Å²) in [7, 11) is 0. The molecule has 0 aliphatic carbocycles. The maximum atomic E-state index is 10.2. The van der Waals surface area contributed by atoms with Gasteiger partial charge in [0.25, 0.3) is 0 Å². The molecule has 31 heavy (non-hydrogen) atoms. The third kappa shape index (κ3) is 14.6. The normalized spacial score (nSPS) is 20.5. The smallest absolute Gasteiger partial charge is 0.134 e. The number of unbranched alkanes of at least 4 members (excludes halogenated alkanes) is 18. The summed E-state index contributed by atoms with van der Waals surface area (Å²) in [5.74, 6) is 0. The second-order valence-electron chi connectivity index (χ2n) is 10.7. The highest BCUT2D eigenvalue weighted by atomic mass is 16.3. The first-order valence-corrected chi connectivity index (χ1v) is 14.3. The predicted octanol–water partition coefficient (Wildman–Crippen LogP) is 7.38. The Morgan fingerprint density at radius 3 is 1.00 bits per heavy atom. The summed E-state index contributed by atoms with van der Waals surface area (Å²) in [5.41, 5.74) is 0. The molecule has 0 spiro atoms. The lowest BCUT2D eigenvalue weighted by Crippen LogP contribution is -2.48. The molecule has 1 saturated heterocycles. The van der Waals surface area contributed by atoms with E-state index in [0.29, 0.717) is 0 Å². The number of aliphatic hydroxyl groups excluding tert-OH is 2. The van der Waals surface area contributed by atoms with Crippen LogP contribution < -0.4 is 0 Å². The third-order valence-corrected chi connectivity index (χ3v) is 7.56. The van der Waals surface area contributed by atoms with Crippen LogP contribution in [0.1, 0.15) is 142 Å². The van der Waals surface area contributed by atoms with Crippen molar-refractivity contribution in [2.75, 3.05) is 26.2 Å². The maximum absolute atomic E-state index is 10.2. The summed E-state index contributed by atoms with van der Waals surface area (Å²) in [4.78, 5) is 0. The van der Waals surface area contributed by atoms with Crippen molar-refractivity contribution in [3.63, 3.8) is 0 Å². The molecule has 0 aromatic rings. The van der Waals surface area contributed by atoms with Gasteiger partial charge in [0.2, 0.25) is 0 Å². The van der Waals surface area contributed by atoms with Gasteiger partial charge < -0.3 is 14.7 Å². The van der Waals surface area contributed by atoms with E-state index in [0.717, 1.165) is 30.7 Å². The van der Waals surface area contributed by atoms with Crippen molar-refractivity contribution in [1.82, 2.24) is 0 Å². The van der Waals surface area contributed by atoms with Crippen molar-refractivity contribution >= 4 is 0 Å². The van der Waals surface area contributed by atoms with Crippen LogP contribution in [0.2, 0.25) is 0 Å². The first-order valence-electron chi connectivity index (χ1n) is 14.3. The molecule has 0 amide bonds. The molecule has 1 rings (SSSR count). The van der Waals surface area contributed by atoms with E-state index in [4.69, 9.17) is 0 Å². The Labute approximate surface area is 195 Å². The molecule has 0 radical (unpaired) electrons. The molecule has 0 unspecified atom stereocenters. The zero-order valence-corrected chi connectivity index (χ0v) is 21.5. The van der Waals surface area contributed by atoms with Gasteiger partial charge in [0, 0.05) is 0 Å². The summed E-state index contributed by atoms with van der Waals surface area (Å²) in [6.45, 7) is 8.42. The van der Waals surface area contributed by atoms with E-state index in [9.17, 15) is 10.2 Å². The van der Waals surface area contributed by atoms with Gasteiger partial charge in [-0.05, 0) is 25.7 Å². The van der Waals surface area contributed by atoms with Crippen LogP contribution >= 0.6 is 0 Å². The first-order chi connectivity index (χ1) is 15.1. The first kappa shape index (κ1) is 28.9. The van der Waals surface area contributed by atoms with Crippen LogP contribution in [-0.4, -0.2) is 53.1 Å². The molecule has 0 aromatic carbocycles. The molecule has 0 bridgehead atoms. The highest BCUT2D eigenvalue weighted by molar-refractivity contribution is 4.75. The minimum atomic E-state index is -0.508. The molecule has 3 nitrogen and oxygen atoms in total. The average Bonchev–Trinajstić information content (AvgIpc) is 3.04. The van der Waals surface area contributed by atoms with Gasteiger partial charge in [-0.1, -0.05) is 117 Å². The summed E-state index contributed by atoms with van der Waals surface area (Å²) < 4.78 is 0.969. The number of quaternary nitrogens is 1. The van der Waals surface area contributed by atoms with Crippen molar-refractivity contribution < 1.29 is 14.7 Å². The van der Waals surface area contributed by atoms with Crippen molar-refractivity contribution in [1.29, 1.82) is 0 Å². The van der Waals surface area contributed by atoms with E-state index in [1.165, 1.54) is 128 Å². The molecule has 1 fully saturated rings. The molecular weight excluding hydrogens is 382 g/mol. The molecule has 1 aliphatic heterocycles. The Kier molecular flexibility index (Phi) is 18.1. The summed E-state index contributed by atoms with van der Waals surface area (Å²) in [5, 5.41) is 20.4. The molecule has 186 valence electrons. The number of likely N-dealkylation sites (tertiary alicyclic amines) is 1. The van der Waals surface area contributed by atoms with Gasteiger partial charge in [-0.3, -0.25) is 0 Å². The number of rotatable bonds is 22. The zero-order valence-electron chi connectivity index (χ0n) is 21.5. The minimum Gasteiger partial charge on any atom is -0.384 e. The molecule has 0 aromatic heterocycles. The Balaban J connectivity index is 2.10. The second-order valence-corrected chi connectivity index (χ2v) is 10.7. The van der Waals surface area contributed by atoms with Gasteiger partial charge in [-0.15, -0.1) is 0 Å². The van der Waals surface area contributed by atoms with Crippen molar-refractivity contribution in [2.45, 2.75) is 154 Å². The Morgan fingerprint density at radius 1 is 0.452 bits per heavy atom. The van der Waals surface area contributed by atoms with E-state index in [1.807, 2.05) is 0 Å². The molecule has 3 heteroatoms. The topological polar surface area (TPSA) is 40.5 Å². The van der Waals surface area contributed by atoms with Gasteiger partial charge in [-0.25, -0.2) is 0 Å². The SMILES string of the molecule is CCCCCCCCCCCC[N+]1(CCCCCCCCCCCC)C[C@H](O)[C@@H](O)C1. The fraction of sp³-hybridized carbons (Fsp3) is 1.00. The van der Waals surface area contributed by atoms with Gasteiger partial charge >= 0.3 is 0 Å². The highest BCUT2D eigenvalue weighted by Crippen LogP contribution is 2.24. The second kappa shape index (κ2) is 19.4. The van der Waals surface area contributed by atoms with Gasteiger partial charge in [-0.2, -0.15) is 0 Å². The zero-order chi connectivity index (χ0) is 22.6. The average molecular weight is 441 g/mol. The minimum absolute atomic E-state index is 0.508. The lowest BCUT2D eigenvalue weighted by Gasteiger charge is -2.34. The Hall–Kier alpha value is -0.120. The van der Waals surface area contributed by atoms with Crippen LogP contribution in [0.5, 0.6) is 0 Å². The van der Waals surface area contributed by atoms with Crippen LogP contribution in [-0.2, 0) is 0 Å². The fourth-order valence-corrected chi connectivity index (χ4v) is 5.46. The van der Waals surface area contributed by atoms with Gasteiger partial charge in [0.1, 0.15) is 25.3 Å². The standard InChI is InChI=1S/C28H58NO2/c1-3-5-7-9-11-13-15-17-19-21-23-29(25-27(30)28(31)26-29)24-22-20-18-16-14-12-10-8-6-4-2/h27-28,30-31H,3-26H2,1-2H3/q+1/t27-,28-/m0/s1. The van der Waals surface area contributed by atoms with Crippen molar-refractivity contribution in [3.05, 3.63) is 0 Å². The van der Waals surface area contributed by atoms with Crippen LogP contribution in [0.3, 0.4) is 0 Å². The number of nitrogens with zero attached hydrogens (tertiary/aromatic N) is 1. The molecule has 1 aliphatic rings. The quantitative estimate of drug-likeness (QED) is 0.136. The van der Waals surface area contributed by atoms with Crippen LogP contribution in [0.4, 0.5) is 0 Å². The lowest BCUT2D eigenvalue weighted by molar-refractivity contribution is -0.919. The van der Waals surface area contributed by atoms with E-state index in [2.05, 4.69) is 13.8 Å². The highest BCUT2D eigenvalue weighted by Gasteiger charge is 2.42. The van der Waals surface area contributed by atoms with Gasteiger partial charge in [0.15, 0.2) is 0 Å². The Bertz CT molecular complexity index is 351. The van der Waals surface area contributed by atoms with E-state index in [1.54, 1.807) is 0 Å². The molecule has 1 heterocycles. The van der Waals surface area contributed by atoms with E-state index in [-0.39, 0.29) is 0 Å². The van der Waals surface area contributed by atoms with Crippen LogP contribution in [0.25, 0.3) is 0 Å². The predicted molar refractivity (Wildman–Crippen MR) is 135 cm³/mol. The monoisotopic (exact) mass is 440 g/mol. The summed E-state index contributed by atoms with van der Waals surface area (Å²) in [6.07, 6.45) is 26.4. The summed E-state index contributed by atoms with van der Waals surface area (Å²) >= 11 is 0. The van der Waals surface area contributed by atoms with Crippen molar-refractivity contribution in [3.8, 4) is 0 Å².